The topological polar surface area (TPSA) is 125 Å². The molecule has 1 spiro atoms. The molecule has 4 rings (SSSR count). The number of allylic oxidation sites excluding steroid dienone is 1. The number of hydrogen-bond acceptors (Lipinski definition) is 7. The van der Waals surface area contributed by atoms with Gasteiger partial charge in [0.15, 0.2) is 0 Å². The number of likely N-dealkylation sites (tertiary alicyclic amines) is 1. The summed E-state index contributed by atoms with van der Waals surface area (Å²) < 4.78 is 12.4. The molecule has 0 unspecified atom stereocenters. The standard InChI is InChI=1S/C29H43N3O7/c1-5-6-9-14-31-15-10-13-29-24(26(35)32(25(29)27(31)36)20(17-33)18(2)3)23-21(39-29)11-7-8-12-22(34)30-16-19(4)38-28(23)37/h7,10-11,13,18-21,23-25,33H,5-6,8-9,12,14-17H2,1-4H3,(H,30,34)/b11-7-/t19-,20+,21-,23+,24+,25-,29+/m1/s1. The number of hydrogen-bond donors (Lipinski definition) is 2. The molecule has 4 aliphatic rings. The lowest BCUT2D eigenvalue weighted by atomic mass is 9.78. The summed E-state index contributed by atoms with van der Waals surface area (Å²) in [6.45, 7) is 8.37. The van der Waals surface area contributed by atoms with Gasteiger partial charge in [-0.15, -0.1) is 0 Å². The van der Waals surface area contributed by atoms with Crippen molar-refractivity contribution in [1.82, 2.24) is 15.1 Å². The summed E-state index contributed by atoms with van der Waals surface area (Å²) in [6, 6.07) is -1.63. The first kappa shape index (κ1) is 29.3. The lowest BCUT2D eigenvalue weighted by Crippen LogP contribution is -2.59. The number of ether oxygens (including phenoxy) is 2. The highest BCUT2D eigenvalue weighted by Gasteiger charge is 2.72. The number of unbranched alkanes of at least 4 members (excludes halogenated alkanes) is 2. The largest absolute Gasteiger partial charge is 0.460 e. The second-order valence-corrected chi connectivity index (χ2v) is 11.5. The molecule has 2 N–H and O–H groups in total. The van der Waals surface area contributed by atoms with Gasteiger partial charge < -0.3 is 29.7 Å². The number of nitrogens with zero attached hydrogens (tertiary/aromatic N) is 2. The zero-order valence-corrected chi connectivity index (χ0v) is 23.5. The van der Waals surface area contributed by atoms with Gasteiger partial charge in [-0.25, -0.2) is 0 Å². The van der Waals surface area contributed by atoms with Gasteiger partial charge in [0, 0.05) is 19.5 Å². The number of aliphatic hydroxyl groups excluding tert-OH is 1. The average molecular weight is 546 g/mol. The Balaban J connectivity index is 1.80. The monoisotopic (exact) mass is 545 g/mol. The maximum Gasteiger partial charge on any atom is 0.313 e. The van der Waals surface area contributed by atoms with Crippen molar-refractivity contribution < 1.29 is 33.8 Å². The van der Waals surface area contributed by atoms with Crippen LogP contribution in [0.5, 0.6) is 0 Å². The fourth-order valence-electron chi connectivity index (χ4n) is 6.38. The van der Waals surface area contributed by atoms with Crippen molar-refractivity contribution in [1.29, 1.82) is 0 Å². The van der Waals surface area contributed by atoms with Crippen LogP contribution in [0.2, 0.25) is 0 Å². The van der Waals surface area contributed by atoms with Crippen LogP contribution in [-0.2, 0) is 28.7 Å². The summed E-state index contributed by atoms with van der Waals surface area (Å²) in [5, 5.41) is 13.1. The predicted molar refractivity (Wildman–Crippen MR) is 143 cm³/mol. The van der Waals surface area contributed by atoms with Crippen LogP contribution in [0.3, 0.4) is 0 Å². The minimum Gasteiger partial charge on any atom is -0.460 e. The second-order valence-electron chi connectivity index (χ2n) is 11.5. The van der Waals surface area contributed by atoms with Crippen molar-refractivity contribution >= 4 is 23.7 Å². The number of aliphatic hydroxyl groups is 1. The Bertz CT molecular complexity index is 1010. The van der Waals surface area contributed by atoms with E-state index < -0.39 is 47.7 Å². The van der Waals surface area contributed by atoms with Crippen LogP contribution in [0, 0.1) is 17.8 Å². The first-order valence-electron chi connectivity index (χ1n) is 14.4. The quantitative estimate of drug-likeness (QED) is 0.283. The van der Waals surface area contributed by atoms with E-state index in [2.05, 4.69) is 12.2 Å². The fraction of sp³-hybridized carbons (Fsp3) is 0.724. The lowest BCUT2D eigenvalue weighted by molar-refractivity contribution is -0.160. The molecule has 10 nitrogen and oxygen atoms in total. The number of carbonyl (C=O) groups excluding carboxylic acids is 4. The molecule has 4 aliphatic heterocycles. The highest BCUT2D eigenvalue weighted by Crippen LogP contribution is 2.54. The smallest absolute Gasteiger partial charge is 0.313 e. The molecule has 0 radical (unpaired) electrons. The van der Waals surface area contributed by atoms with Crippen LogP contribution in [0.15, 0.2) is 24.3 Å². The summed E-state index contributed by atoms with van der Waals surface area (Å²) in [5.41, 5.74) is -1.38. The molecule has 3 amide bonds. The van der Waals surface area contributed by atoms with Crippen LogP contribution in [0.25, 0.3) is 0 Å². The van der Waals surface area contributed by atoms with Crippen molar-refractivity contribution in [2.75, 3.05) is 26.2 Å². The summed E-state index contributed by atoms with van der Waals surface area (Å²) in [6.07, 6.45) is 9.32. The van der Waals surface area contributed by atoms with E-state index in [1.807, 2.05) is 19.9 Å². The Morgan fingerprint density at radius 1 is 1.15 bits per heavy atom. The predicted octanol–water partition coefficient (Wildman–Crippen LogP) is 1.57. The first-order chi connectivity index (χ1) is 18.7. The maximum atomic E-state index is 14.3. The third-order valence-corrected chi connectivity index (χ3v) is 8.40. The summed E-state index contributed by atoms with van der Waals surface area (Å²) in [4.78, 5) is 57.5. The van der Waals surface area contributed by atoms with Gasteiger partial charge >= 0.3 is 5.97 Å². The van der Waals surface area contributed by atoms with Gasteiger partial charge in [-0.05, 0) is 25.7 Å². The molecule has 39 heavy (non-hydrogen) atoms. The number of esters is 1. The third kappa shape index (κ3) is 5.50. The second kappa shape index (κ2) is 12.2. The molecule has 4 heterocycles. The highest BCUT2D eigenvalue weighted by atomic mass is 16.6. The Morgan fingerprint density at radius 2 is 1.92 bits per heavy atom. The minimum atomic E-state index is -1.38. The van der Waals surface area contributed by atoms with Gasteiger partial charge in [0.25, 0.3) is 0 Å². The molecular weight excluding hydrogens is 502 g/mol. The van der Waals surface area contributed by atoms with Crippen molar-refractivity contribution in [2.24, 2.45) is 17.8 Å². The average Bonchev–Trinajstić information content (AvgIpc) is 3.27. The molecule has 10 heteroatoms. The zero-order valence-electron chi connectivity index (χ0n) is 23.5. The van der Waals surface area contributed by atoms with E-state index in [0.29, 0.717) is 19.5 Å². The van der Waals surface area contributed by atoms with Gasteiger partial charge in [0.05, 0.1) is 31.2 Å². The minimum absolute atomic E-state index is 0.133. The number of amides is 3. The molecule has 0 saturated carbocycles. The Kier molecular flexibility index (Phi) is 9.16. The van der Waals surface area contributed by atoms with Crippen LogP contribution >= 0.6 is 0 Å². The van der Waals surface area contributed by atoms with E-state index in [1.54, 1.807) is 30.1 Å². The third-order valence-electron chi connectivity index (χ3n) is 8.40. The molecular formula is C29H43N3O7. The lowest BCUT2D eigenvalue weighted by Gasteiger charge is -2.39. The fourth-order valence-corrected chi connectivity index (χ4v) is 6.38. The van der Waals surface area contributed by atoms with Crippen molar-refractivity contribution in [3.63, 3.8) is 0 Å². The molecule has 0 aromatic carbocycles. The van der Waals surface area contributed by atoms with E-state index in [0.717, 1.165) is 19.3 Å². The highest BCUT2D eigenvalue weighted by molar-refractivity contribution is 5.99. The molecule has 2 fully saturated rings. The van der Waals surface area contributed by atoms with E-state index in [9.17, 15) is 24.3 Å². The van der Waals surface area contributed by atoms with E-state index in [1.165, 1.54) is 4.90 Å². The van der Waals surface area contributed by atoms with Crippen molar-refractivity contribution in [3.05, 3.63) is 24.3 Å². The van der Waals surface area contributed by atoms with Gasteiger partial charge in [-0.2, -0.15) is 0 Å². The SMILES string of the molecule is CCCCCN1CC=C[C@]23O[C@@H]4/C=C\CCC(=O)NC[C@@H](C)OC(=O)[C@@H]4[C@H]2C(=O)N([C@@H](CO)C(C)C)[C@@H]3C1=O. The zero-order chi connectivity index (χ0) is 28.3. The normalized spacial score (nSPS) is 34.9. The van der Waals surface area contributed by atoms with Crippen molar-refractivity contribution in [3.8, 4) is 0 Å². The number of fused-ring (bicyclic) bond motifs is 2. The van der Waals surface area contributed by atoms with E-state index in [4.69, 9.17) is 9.47 Å². The van der Waals surface area contributed by atoms with Gasteiger partial charge in [0.1, 0.15) is 23.7 Å². The van der Waals surface area contributed by atoms with Crippen molar-refractivity contribution in [2.45, 2.75) is 89.7 Å². The number of rotatable bonds is 7. The van der Waals surface area contributed by atoms with E-state index >= 15 is 0 Å². The summed E-state index contributed by atoms with van der Waals surface area (Å²) in [5.74, 6) is -3.45. The van der Waals surface area contributed by atoms with E-state index in [-0.39, 0.29) is 43.2 Å². The number of carbonyl (C=O) groups is 4. The van der Waals surface area contributed by atoms with Crippen LogP contribution in [-0.4, -0.2) is 94.7 Å². The van der Waals surface area contributed by atoms with Gasteiger partial charge in [-0.1, -0.05) is 57.9 Å². The van der Waals surface area contributed by atoms with Crippen LogP contribution in [0.4, 0.5) is 0 Å². The summed E-state index contributed by atoms with van der Waals surface area (Å²) in [7, 11) is 0. The first-order valence-corrected chi connectivity index (χ1v) is 14.4. The maximum absolute atomic E-state index is 14.3. The molecule has 0 bridgehead atoms. The van der Waals surface area contributed by atoms with Gasteiger partial charge in [-0.3, -0.25) is 19.2 Å². The Morgan fingerprint density at radius 3 is 2.62 bits per heavy atom. The Hall–Kier alpha value is -2.72. The number of cyclic esters (lactones) is 1. The molecule has 216 valence electrons. The van der Waals surface area contributed by atoms with Crippen LogP contribution < -0.4 is 5.32 Å². The van der Waals surface area contributed by atoms with Crippen LogP contribution in [0.1, 0.15) is 59.8 Å². The molecule has 0 aliphatic carbocycles. The molecule has 0 aromatic rings. The molecule has 0 aromatic heterocycles. The Labute approximate surface area is 230 Å². The summed E-state index contributed by atoms with van der Waals surface area (Å²) >= 11 is 0. The number of nitrogens with one attached hydrogen (secondary N) is 1. The molecule has 2 saturated heterocycles. The van der Waals surface area contributed by atoms with Gasteiger partial charge in [0.2, 0.25) is 17.7 Å². The molecule has 7 atom stereocenters.